The first-order valence-corrected chi connectivity index (χ1v) is 6.16. The van der Waals surface area contributed by atoms with E-state index in [2.05, 4.69) is 0 Å². The number of carbonyl (C=O) groups is 1. The van der Waals surface area contributed by atoms with Crippen molar-refractivity contribution >= 4 is 17.3 Å². The van der Waals surface area contributed by atoms with Gasteiger partial charge in [0.15, 0.2) is 0 Å². The van der Waals surface area contributed by atoms with Crippen molar-refractivity contribution in [2.75, 3.05) is 23.7 Å². The van der Waals surface area contributed by atoms with Crippen molar-refractivity contribution in [1.29, 1.82) is 0 Å². The van der Waals surface area contributed by atoms with Crippen LogP contribution in [0.2, 0.25) is 0 Å². The molecule has 1 aliphatic rings. The van der Waals surface area contributed by atoms with Crippen LogP contribution in [0.5, 0.6) is 0 Å². The maximum absolute atomic E-state index is 13.4. The first-order valence-electron chi connectivity index (χ1n) is 6.16. The fourth-order valence-electron chi connectivity index (χ4n) is 2.34. The van der Waals surface area contributed by atoms with Crippen molar-refractivity contribution in [2.24, 2.45) is 5.92 Å². The standard InChI is InChI=1S/C13H17FN2O3/c1-7-4-5-16(6-10(7)17)9-3-2-8(14)12(15)11(9)13(18)19/h2-3,7,10,17H,4-6,15H2,1H3,(H,18,19). The van der Waals surface area contributed by atoms with E-state index in [-0.39, 0.29) is 17.2 Å². The number of aromatic carboxylic acids is 1. The Morgan fingerprint density at radius 3 is 2.79 bits per heavy atom. The third-order valence-corrected chi connectivity index (χ3v) is 3.64. The summed E-state index contributed by atoms with van der Waals surface area (Å²) in [6, 6.07) is 2.55. The molecule has 0 amide bonds. The van der Waals surface area contributed by atoms with Crippen molar-refractivity contribution in [3.63, 3.8) is 0 Å². The van der Waals surface area contributed by atoms with Gasteiger partial charge >= 0.3 is 5.97 Å². The van der Waals surface area contributed by atoms with Crippen LogP contribution in [-0.4, -0.2) is 35.4 Å². The highest BCUT2D eigenvalue weighted by atomic mass is 19.1. The van der Waals surface area contributed by atoms with Crippen molar-refractivity contribution in [1.82, 2.24) is 0 Å². The van der Waals surface area contributed by atoms with Crippen LogP contribution < -0.4 is 10.6 Å². The first-order chi connectivity index (χ1) is 8.91. The van der Waals surface area contributed by atoms with E-state index in [0.717, 1.165) is 12.5 Å². The van der Waals surface area contributed by atoms with Gasteiger partial charge in [0.05, 0.1) is 17.5 Å². The maximum atomic E-state index is 13.4. The fourth-order valence-corrected chi connectivity index (χ4v) is 2.34. The number of nitrogen functional groups attached to an aromatic ring is 1. The summed E-state index contributed by atoms with van der Waals surface area (Å²) in [6.07, 6.45) is 0.221. The van der Waals surface area contributed by atoms with Gasteiger partial charge in [-0.05, 0) is 24.5 Å². The Labute approximate surface area is 110 Å². The SMILES string of the molecule is CC1CCN(c2ccc(F)c(N)c2C(=O)O)CC1O. The summed E-state index contributed by atoms with van der Waals surface area (Å²) < 4.78 is 13.4. The number of carboxylic acid groups (broad SMARTS) is 1. The van der Waals surface area contributed by atoms with Crippen LogP contribution >= 0.6 is 0 Å². The summed E-state index contributed by atoms with van der Waals surface area (Å²) in [4.78, 5) is 13.0. The summed E-state index contributed by atoms with van der Waals surface area (Å²) >= 11 is 0. The topological polar surface area (TPSA) is 86.8 Å². The second-order valence-corrected chi connectivity index (χ2v) is 4.94. The molecule has 0 saturated carbocycles. The lowest BCUT2D eigenvalue weighted by atomic mass is 9.95. The molecule has 0 spiro atoms. The lowest BCUT2D eigenvalue weighted by molar-refractivity contribution is 0.0696. The number of hydrogen-bond acceptors (Lipinski definition) is 4. The third kappa shape index (κ3) is 2.49. The molecule has 1 fully saturated rings. The van der Waals surface area contributed by atoms with Crippen molar-refractivity contribution < 1.29 is 19.4 Å². The summed E-state index contributed by atoms with van der Waals surface area (Å²) in [5.41, 5.74) is 5.27. The van der Waals surface area contributed by atoms with E-state index in [1.54, 1.807) is 4.90 Å². The van der Waals surface area contributed by atoms with Gasteiger partial charge in [0.25, 0.3) is 0 Å². The van der Waals surface area contributed by atoms with Gasteiger partial charge in [0.2, 0.25) is 0 Å². The van der Waals surface area contributed by atoms with Gasteiger partial charge in [0.1, 0.15) is 11.4 Å². The number of aliphatic hydroxyl groups is 1. The number of nitrogens with two attached hydrogens (primary N) is 1. The quantitative estimate of drug-likeness (QED) is 0.704. The zero-order valence-corrected chi connectivity index (χ0v) is 10.6. The zero-order valence-electron chi connectivity index (χ0n) is 10.6. The zero-order chi connectivity index (χ0) is 14.2. The number of carboxylic acids is 1. The summed E-state index contributed by atoms with van der Waals surface area (Å²) in [5, 5.41) is 19.1. The lowest BCUT2D eigenvalue weighted by Gasteiger charge is -2.36. The molecule has 0 aromatic heterocycles. The molecule has 5 nitrogen and oxygen atoms in total. The molecule has 1 aliphatic heterocycles. The molecule has 2 unspecified atom stereocenters. The Bertz CT molecular complexity index is 507. The number of β-amino-alcohol motifs (C(OH)–C–C–N with tert-alkyl or cyclic N) is 1. The van der Waals surface area contributed by atoms with E-state index in [0.29, 0.717) is 18.8 Å². The number of hydrogen-bond donors (Lipinski definition) is 3. The van der Waals surface area contributed by atoms with E-state index in [4.69, 9.17) is 5.73 Å². The Kier molecular flexibility index (Phi) is 3.61. The lowest BCUT2D eigenvalue weighted by Crippen LogP contribution is -2.43. The molecule has 6 heteroatoms. The van der Waals surface area contributed by atoms with Crippen LogP contribution in [-0.2, 0) is 0 Å². The van der Waals surface area contributed by atoms with Crippen molar-refractivity contribution in [3.05, 3.63) is 23.5 Å². The molecule has 4 N–H and O–H groups in total. The van der Waals surface area contributed by atoms with Crippen LogP contribution in [0.25, 0.3) is 0 Å². The van der Waals surface area contributed by atoms with Gasteiger partial charge in [-0.25, -0.2) is 9.18 Å². The van der Waals surface area contributed by atoms with E-state index >= 15 is 0 Å². The van der Waals surface area contributed by atoms with Gasteiger partial charge in [-0.3, -0.25) is 0 Å². The summed E-state index contributed by atoms with van der Waals surface area (Å²) in [6.45, 7) is 2.88. The fraction of sp³-hybridized carbons (Fsp3) is 0.462. The third-order valence-electron chi connectivity index (χ3n) is 3.64. The highest BCUT2D eigenvalue weighted by Gasteiger charge is 2.28. The Balaban J connectivity index is 2.40. The number of aliphatic hydroxyl groups excluding tert-OH is 1. The van der Waals surface area contributed by atoms with Crippen molar-refractivity contribution in [3.8, 4) is 0 Å². The Morgan fingerprint density at radius 1 is 1.53 bits per heavy atom. The van der Waals surface area contributed by atoms with Gasteiger partial charge < -0.3 is 20.8 Å². The molecule has 0 aliphatic carbocycles. The van der Waals surface area contributed by atoms with Crippen LogP contribution in [0.1, 0.15) is 23.7 Å². The second kappa shape index (κ2) is 5.05. The second-order valence-electron chi connectivity index (χ2n) is 4.94. The van der Waals surface area contributed by atoms with Gasteiger partial charge in [-0.1, -0.05) is 6.92 Å². The van der Waals surface area contributed by atoms with Crippen LogP contribution in [0.3, 0.4) is 0 Å². The number of benzene rings is 1. The van der Waals surface area contributed by atoms with Crippen LogP contribution in [0, 0.1) is 11.7 Å². The maximum Gasteiger partial charge on any atom is 0.340 e. The highest BCUT2D eigenvalue weighted by molar-refractivity contribution is 6.00. The van der Waals surface area contributed by atoms with E-state index in [1.165, 1.54) is 6.07 Å². The highest BCUT2D eigenvalue weighted by Crippen LogP contribution is 2.31. The first kappa shape index (κ1) is 13.6. The molecule has 1 aromatic rings. The predicted molar refractivity (Wildman–Crippen MR) is 69.8 cm³/mol. The average molecular weight is 268 g/mol. The molecule has 1 heterocycles. The largest absolute Gasteiger partial charge is 0.478 e. The molecule has 1 saturated heterocycles. The summed E-state index contributed by atoms with van der Waals surface area (Å²) in [7, 11) is 0. The van der Waals surface area contributed by atoms with Crippen LogP contribution in [0.15, 0.2) is 12.1 Å². The number of halogens is 1. The number of rotatable bonds is 2. The Hall–Kier alpha value is -1.82. The molecule has 0 bridgehead atoms. The Morgan fingerprint density at radius 2 is 2.21 bits per heavy atom. The normalized spacial score (nSPS) is 23.4. The summed E-state index contributed by atoms with van der Waals surface area (Å²) in [5.74, 6) is -1.84. The molecule has 1 aromatic carbocycles. The molecule has 104 valence electrons. The van der Waals surface area contributed by atoms with E-state index in [9.17, 15) is 19.4 Å². The molecule has 19 heavy (non-hydrogen) atoms. The number of piperidine rings is 1. The van der Waals surface area contributed by atoms with E-state index in [1.807, 2.05) is 6.92 Å². The average Bonchev–Trinajstić information content (AvgIpc) is 2.35. The molecule has 0 radical (unpaired) electrons. The van der Waals surface area contributed by atoms with Gasteiger partial charge in [-0.15, -0.1) is 0 Å². The van der Waals surface area contributed by atoms with Gasteiger partial charge in [-0.2, -0.15) is 0 Å². The van der Waals surface area contributed by atoms with Crippen LogP contribution in [0.4, 0.5) is 15.8 Å². The minimum absolute atomic E-state index is 0.169. The van der Waals surface area contributed by atoms with E-state index < -0.39 is 17.9 Å². The molecular weight excluding hydrogens is 251 g/mol. The molecular formula is C13H17FN2O3. The minimum atomic E-state index is -1.26. The van der Waals surface area contributed by atoms with Crippen molar-refractivity contribution in [2.45, 2.75) is 19.4 Å². The smallest absolute Gasteiger partial charge is 0.340 e. The molecule has 2 atom stereocenters. The van der Waals surface area contributed by atoms with Gasteiger partial charge in [0, 0.05) is 13.1 Å². The number of nitrogens with zero attached hydrogens (tertiary/aromatic N) is 1. The predicted octanol–water partition coefficient (Wildman–Crippen LogP) is 1.31. The molecule has 2 rings (SSSR count). The number of anilines is 2. The minimum Gasteiger partial charge on any atom is -0.478 e. The monoisotopic (exact) mass is 268 g/mol.